The van der Waals surface area contributed by atoms with Gasteiger partial charge in [-0.2, -0.15) is 0 Å². The minimum atomic E-state index is -1.05. The van der Waals surface area contributed by atoms with Crippen molar-refractivity contribution in [3.05, 3.63) is 48.5 Å². The zero-order chi connectivity index (χ0) is 18.1. The monoisotopic (exact) mass is 416 g/mol. The molecule has 0 atom stereocenters. The average Bonchev–Trinajstić information content (AvgIpc) is 2.52. The van der Waals surface area contributed by atoms with Gasteiger partial charge in [-0.3, -0.25) is 29.8 Å². The Balaban J connectivity index is 0.00000312. The molecule has 0 saturated heterocycles. The van der Waals surface area contributed by atoms with Gasteiger partial charge >= 0.3 is 17.1 Å². The normalized spacial score (nSPS) is 11.0. The van der Waals surface area contributed by atoms with E-state index in [1.54, 1.807) is 13.8 Å². The molecular formula is C14H17BrN4O6. The van der Waals surface area contributed by atoms with Crippen molar-refractivity contribution in [2.45, 2.75) is 25.9 Å². The van der Waals surface area contributed by atoms with Crippen molar-refractivity contribution in [2.75, 3.05) is 7.11 Å². The lowest BCUT2D eigenvalue weighted by Crippen LogP contribution is -2.47. The maximum absolute atomic E-state index is 11.7. The molecule has 2 rings (SSSR count). The van der Waals surface area contributed by atoms with Gasteiger partial charge in [-0.15, -0.1) is 17.0 Å². The van der Waals surface area contributed by atoms with Crippen molar-refractivity contribution in [3.63, 3.8) is 0 Å². The van der Waals surface area contributed by atoms with Gasteiger partial charge in [0.25, 0.3) is 5.69 Å². The van der Waals surface area contributed by atoms with E-state index in [4.69, 9.17) is 0 Å². The minimum absolute atomic E-state index is 0. The summed E-state index contributed by atoms with van der Waals surface area (Å²) in [6, 6.07) is 2.42. The summed E-state index contributed by atoms with van der Waals surface area (Å²) in [5.41, 5.74) is -2.35. The predicted molar refractivity (Wildman–Crippen MR) is 95.1 cm³/mol. The number of nitro benzene ring substituents is 1. The topological polar surface area (TPSA) is 147 Å². The van der Waals surface area contributed by atoms with Gasteiger partial charge in [0.1, 0.15) is 5.54 Å². The van der Waals surface area contributed by atoms with E-state index >= 15 is 0 Å². The van der Waals surface area contributed by atoms with Crippen molar-refractivity contribution >= 4 is 39.7 Å². The van der Waals surface area contributed by atoms with Gasteiger partial charge < -0.3 is 14.7 Å². The Labute approximate surface area is 151 Å². The smallest absolute Gasteiger partial charge is 0.325 e. The number of methoxy groups -OCH3 is 1. The number of carbonyl (C=O) groups is 1. The molecule has 11 heteroatoms. The van der Waals surface area contributed by atoms with Crippen LogP contribution in [0.1, 0.15) is 19.4 Å². The second-order valence-electron chi connectivity index (χ2n) is 5.66. The number of nitrogens with zero attached hydrogens (tertiary/aromatic N) is 1. The number of aromatic nitrogens is 2. The van der Waals surface area contributed by atoms with Gasteiger partial charge in [0.05, 0.1) is 23.1 Å². The fourth-order valence-corrected chi connectivity index (χ4v) is 2.17. The van der Waals surface area contributed by atoms with Gasteiger partial charge in [0.2, 0.25) is 0 Å². The number of rotatable bonds is 5. The highest BCUT2D eigenvalue weighted by molar-refractivity contribution is 8.93. The number of esters is 1. The number of aromatic amines is 2. The van der Waals surface area contributed by atoms with E-state index in [9.17, 15) is 24.5 Å². The third-order valence-corrected chi connectivity index (χ3v) is 3.53. The van der Waals surface area contributed by atoms with E-state index in [1.165, 1.54) is 13.2 Å². The summed E-state index contributed by atoms with van der Waals surface area (Å²) < 4.78 is 4.67. The van der Waals surface area contributed by atoms with E-state index in [0.717, 1.165) is 6.07 Å². The van der Waals surface area contributed by atoms with Gasteiger partial charge in [-0.1, -0.05) is 0 Å². The van der Waals surface area contributed by atoms with Gasteiger partial charge in [0.15, 0.2) is 0 Å². The summed E-state index contributed by atoms with van der Waals surface area (Å²) >= 11 is 0. The third kappa shape index (κ3) is 4.31. The first kappa shape index (κ1) is 20.5. The molecule has 10 nitrogen and oxygen atoms in total. The first-order valence-corrected chi connectivity index (χ1v) is 6.93. The Bertz CT molecular complexity index is 933. The summed E-state index contributed by atoms with van der Waals surface area (Å²) in [5, 5.41) is 14.0. The summed E-state index contributed by atoms with van der Waals surface area (Å²) in [6.07, 6.45) is 0. The standard InChI is InChI=1S/C14H16N4O6.BrH/c1-14(2,13(21)24-3)15-6-7-4-8(18(22)23)5-9-10(7)17-12(20)11(19)16-9;/h4-5,15H,6H2,1-3H3,(H,16,19)(H,17,20);1H. The molecule has 0 spiro atoms. The number of nitrogens with one attached hydrogen (secondary N) is 3. The van der Waals surface area contributed by atoms with Crippen molar-refractivity contribution in [3.8, 4) is 0 Å². The molecule has 0 aliphatic carbocycles. The van der Waals surface area contributed by atoms with Crippen LogP contribution >= 0.6 is 17.0 Å². The van der Waals surface area contributed by atoms with Crippen LogP contribution in [0.2, 0.25) is 0 Å². The number of nitro groups is 1. The van der Waals surface area contributed by atoms with Gasteiger partial charge in [0, 0.05) is 18.7 Å². The molecule has 0 aliphatic heterocycles. The number of hydrogen-bond donors (Lipinski definition) is 3. The zero-order valence-corrected chi connectivity index (χ0v) is 15.4. The molecule has 3 N–H and O–H groups in total. The molecule has 0 unspecified atom stereocenters. The Hall–Kier alpha value is -2.53. The Morgan fingerprint density at radius 2 is 1.88 bits per heavy atom. The highest BCUT2D eigenvalue weighted by Crippen LogP contribution is 2.22. The fraction of sp³-hybridized carbons (Fsp3) is 0.357. The maximum atomic E-state index is 11.7. The van der Waals surface area contributed by atoms with E-state index < -0.39 is 27.6 Å². The number of hydrogen-bond acceptors (Lipinski definition) is 7. The largest absolute Gasteiger partial charge is 0.468 e. The van der Waals surface area contributed by atoms with E-state index in [2.05, 4.69) is 20.0 Å². The molecule has 0 bridgehead atoms. The molecule has 136 valence electrons. The quantitative estimate of drug-likeness (QED) is 0.281. The first-order chi connectivity index (χ1) is 11.2. The Morgan fingerprint density at radius 1 is 1.28 bits per heavy atom. The third-order valence-electron chi connectivity index (χ3n) is 3.53. The SMILES string of the molecule is Br.COC(=O)C(C)(C)NCc1cc([N+](=O)[O-])cc2[nH]c(=O)c(=O)[nH]c12. The van der Waals surface area contributed by atoms with Gasteiger partial charge in [-0.25, -0.2) is 0 Å². The van der Waals surface area contributed by atoms with Crippen LogP contribution in [-0.4, -0.2) is 33.5 Å². The predicted octanol–water partition coefficient (Wildman–Crippen LogP) is 0.744. The number of fused-ring (bicyclic) bond motifs is 1. The molecule has 0 saturated carbocycles. The number of non-ortho nitro benzene ring substituents is 1. The van der Waals surface area contributed by atoms with Crippen molar-refractivity contribution in [1.29, 1.82) is 0 Å². The van der Waals surface area contributed by atoms with E-state index in [0.29, 0.717) is 5.56 Å². The van der Waals surface area contributed by atoms with Crippen LogP contribution in [0.25, 0.3) is 11.0 Å². The Morgan fingerprint density at radius 3 is 2.44 bits per heavy atom. The lowest BCUT2D eigenvalue weighted by atomic mass is 10.0. The number of halogens is 1. The number of H-pyrrole nitrogens is 2. The minimum Gasteiger partial charge on any atom is -0.468 e. The average molecular weight is 417 g/mol. The zero-order valence-electron chi connectivity index (χ0n) is 13.7. The van der Waals surface area contributed by atoms with Crippen LogP contribution in [0.3, 0.4) is 0 Å². The summed E-state index contributed by atoms with van der Waals surface area (Å²) in [5.74, 6) is -0.515. The van der Waals surface area contributed by atoms with Crippen LogP contribution in [-0.2, 0) is 16.1 Å². The molecule has 25 heavy (non-hydrogen) atoms. The highest BCUT2D eigenvalue weighted by Gasteiger charge is 2.28. The molecule has 0 radical (unpaired) electrons. The van der Waals surface area contributed by atoms with Crippen LogP contribution in [0.15, 0.2) is 21.7 Å². The molecule has 1 heterocycles. The summed E-state index contributed by atoms with van der Waals surface area (Å²) in [6.45, 7) is 3.20. The fourth-order valence-electron chi connectivity index (χ4n) is 2.17. The van der Waals surface area contributed by atoms with Crippen LogP contribution < -0.4 is 16.4 Å². The van der Waals surface area contributed by atoms with E-state index in [-0.39, 0.29) is 40.2 Å². The molecular weight excluding hydrogens is 400 g/mol. The highest BCUT2D eigenvalue weighted by atomic mass is 79.9. The molecule has 1 aromatic heterocycles. The molecule has 1 aromatic carbocycles. The number of benzene rings is 1. The number of ether oxygens (including phenoxy) is 1. The summed E-state index contributed by atoms with van der Waals surface area (Å²) in [4.78, 5) is 49.8. The van der Waals surface area contributed by atoms with Crippen LogP contribution in [0.5, 0.6) is 0 Å². The lowest BCUT2D eigenvalue weighted by Gasteiger charge is -2.23. The van der Waals surface area contributed by atoms with E-state index in [1.807, 2.05) is 0 Å². The maximum Gasteiger partial charge on any atom is 0.325 e. The molecule has 0 fully saturated rings. The van der Waals surface area contributed by atoms with Crippen molar-refractivity contribution in [1.82, 2.24) is 15.3 Å². The van der Waals surface area contributed by atoms with Crippen LogP contribution in [0, 0.1) is 10.1 Å². The number of carbonyl (C=O) groups excluding carboxylic acids is 1. The Kier molecular flexibility index (Phi) is 6.21. The van der Waals surface area contributed by atoms with Crippen molar-refractivity contribution < 1.29 is 14.5 Å². The lowest BCUT2D eigenvalue weighted by molar-refractivity contribution is -0.384. The van der Waals surface area contributed by atoms with Crippen molar-refractivity contribution in [2.24, 2.45) is 0 Å². The molecule has 0 amide bonds. The van der Waals surface area contributed by atoms with Crippen LogP contribution in [0.4, 0.5) is 5.69 Å². The van der Waals surface area contributed by atoms with Gasteiger partial charge in [-0.05, 0) is 19.4 Å². The molecule has 2 aromatic rings. The molecule has 0 aliphatic rings. The summed E-state index contributed by atoms with van der Waals surface area (Å²) in [7, 11) is 1.25. The first-order valence-electron chi connectivity index (χ1n) is 6.93. The second-order valence-corrected chi connectivity index (χ2v) is 5.66. The second kappa shape index (κ2) is 7.57.